The Labute approximate surface area is 137 Å². The zero-order valence-corrected chi connectivity index (χ0v) is 14.3. The third-order valence-electron chi connectivity index (χ3n) is 2.62. The van der Waals surface area contributed by atoms with Crippen molar-refractivity contribution in [1.29, 1.82) is 0 Å². The van der Waals surface area contributed by atoms with E-state index < -0.39 is 40.4 Å². The Morgan fingerprint density at radius 1 is 1.35 bits per heavy atom. The first-order valence-electron chi connectivity index (χ1n) is 7.09. The minimum absolute atomic E-state index is 0.130. The Kier molecular flexibility index (Phi) is 6.68. The van der Waals surface area contributed by atoms with Crippen LogP contribution >= 0.6 is 0 Å². The number of rotatable bonds is 5. The Morgan fingerprint density at radius 2 is 2.00 bits per heavy atom. The van der Waals surface area contributed by atoms with Crippen LogP contribution in [0.2, 0.25) is 0 Å². The first-order chi connectivity index (χ1) is 10.6. The second kappa shape index (κ2) is 8.05. The fourth-order valence-corrected chi connectivity index (χ4v) is 2.47. The van der Waals surface area contributed by atoms with Crippen molar-refractivity contribution in [2.75, 3.05) is 0 Å². The van der Waals surface area contributed by atoms with Gasteiger partial charge in [-0.2, -0.15) is 0 Å². The molecule has 0 radical (unpaired) electrons. The highest BCUT2D eigenvalue weighted by atomic mass is 32.2. The number of halogens is 1. The molecule has 128 valence electrons. The van der Waals surface area contributed by atoms with Gasteiger partial charge < -0.3 is 10.1 Å². The van der Waals surface area contributed by atoms with Gasteiger partial charge in [0.25, 0.3) is 5.91 Å². The summed E-state index contributed by atoms with van der Waals surface area (Å²) in [6.07, 6.45) is -0.457. The van der Waals surface area contributed by atoms with Gasteiger partial charge in [-0.15, -0.1) is 0 Å². The van der Waals surface area contributed by atoms with Crippen LogP contribution in [0.3, 0.4) is 0 Å². The number of carbonyl (C=O) groups excluding carboxylic acids is 2. The van der Waals surface area contributed by atoms with E-state index in [1.807, 2.05) is 0 Å². The van der Waals surface area contributed by atoms with Gasteiger partial charge in [-0.1, -0.05) is 13.0 Å². The number of alkyl carbamates (subject to hydrolysis) is 1. The third-order valence-corrected chi connectivity index (χ3v) is 3.69. The molecule has 0 aliphatic carbocycles. The highest BCUT2D eigenvalue weighted by molar-refractivity contribution is 7.83. The lowest BCUT2D eigenvalue weighted by Crippen LogP contribution is -2.48. The number of ether oxygens (including phenoxy) is 1. The third kappa shape index (κ3) is 6.77. The van der Waals surface area contributed by atoms with E-state index >= 15 is 0 Å². The van der Waals surface area contributed by atoms with Crippen LogP contribution < -0.4 is 10.0 Å². The van der Waals surface area contributed by atoms with Crippen LogP contribution in [0.1, 0.15) is 34.1 Å². The van der Waals surface area contributed by atoms with Crippen molar-refractivity contribution in [3.63, 3.8) is 0 Å². The van der Waals surface area contributed by atoms with Crippen LogP contribution in [0.15, 0.2) is 29.2 Å². The van der Waals surface area contributed by atoms with E-state index in [0.29, 0.717) is 0 Å². The van der Waals surface area contributed by atoms with Crippen LogP contribution in [0.25, 0.3) is 0 Å². The zero-order valence-electron chi connectivity index (χ0n) is 13.5. The molecule has 6 nitrogen and oxygen atoms in total. The van der Waals surface area contributed by atoms with Crippen molar-refractivity contribution >= 4 is 23.0 Å². The average molecular weight is 344 g/mol. The SMILES string of the molecule is CCC(NC(=O)OC(C)(C)C)C(=O)NS(=O)c1cccc(F)c1. The number of hydrogen-bond donors (Lipinski definition) is 2. The molecule has 0 bridgehead atoms. The number of carbonyl (C=O) groups is 2. The molecule has 0 heterocycles. The summed E-state index contributed by atoms with van der Waals surface area (Å²) in [5, 5.41) is 2.41. The van der Waals surface area contributed by atoms with Gasteiger partial charge in [-0.25, -0.2) is 13.4 Å². The quantitative estimate of drug-likeness (QED) is 0.858. The summed E-state index contributed by atoms with van der Waals surface area (Å²) in [5.41, 5.74) is -0.691. The molecule has 8 heteroatoms. The van der Waals surface area contributed by atoms with Gasteiger partial charge in [0.15, 0.2) is 11.0 Å². The molecule has 0 saturated heterocycles. The van der Waals surface area contributed by atoms with Crippen molar-refractivity contribution in [2.24, 2.45) is 0 Å². The monoisotopic (exact) mass is 344 g/mol. The molecule has 2 amide bonds. The van der Waals surface area contributed by atoms with E-state index in [1.165, 1.54) is 18.2 Å². The first kappa shape index (κ1) is 19.1. The standard InChI is InChI=1S/C15H21FN2O4S/c1-5-12(17-14(20)22-15(2,3)4)13(19)18-23(21)11-8-6-7-10(16)9-11/h6-9,12H,5H2,1-4H3,(H,17,20)(H,18,19). The van der Waals surface area contributed by atoms with Crippen LogP contribution in [0.4, 0.5) is 9.18 Å². The van der Waals surface area contributed by atoms with Gasteiger partial charge in [0.1, 0.15) is 17.5 Å². The maximum Gasteiger partial charge on any atom is 0.408 e. The van der Waals surface area contributed by atoms with Gasteiger partial charge in [0.05, 0.1) is 4.90 Å². The molecule has 1 aromatic carbocycles. The molecule has 0 aliphatic heterocycles. The maximum absolute atomic E-state index is 13.1. The molecular weight excluding hydrogens is 323 g/mol. The van der Waals surface area contributed by atoms with Crippen molar-refractivity contribution in [3.8, 4) is 0 Å². The molecular formula is C15H21FN2O4S. The highest BCUT2D eigenvalue weighted by Crippen LogP contribution is 2.09. The predicted molar refractivity (Wildman–Crippen MR) is 84.4 cm³/mol. The number of benzene rings is 1. The van der Waals surface area contributed by atoms with Crippen LogP contribution in [-0.2, 0) is 20.5 Å². The highest BCUT2D eigenvalue weighted by Gasteiger charge is 2.24. The molecule has 0 aromatic heterocycles. The molecule has 1 aromatic rings. The van der Waals surface area contributed by atoms with Gasteiger partial charge in [-0.05, 0) is 45.4 Å². The molecule has 0 fully saturated rings. The number of hydrogen-bond acceptors (Lipinski definition) is 4. The van der Waals surface area contributed by atoms with E-state index in [9.17, 15) is 18.2 Å². The van der Waals surface area contributed by atoms with E-state index in [0.717, 1.165) is 6.07 Å². The topological polar surface area (TPSA) is 84.5 Å². The summed E-state index contributed by atoms with van der Waals surface area (Å²) in [6.45, 7) is 6.79. The Morgan fingerprint density at radius 3 is 2.52 bits per heavy atom. The summed E-state index contributed by atoms with van der Waals surface area (Å²) < 4.78 is 32.4. The lowest BCUT2D eigenvalue weighted by atomic mass is 10.2. The van der Waals surface area contributed by atoms with Gasteiger partial charge >= 0.3 is 6.09 Å². The minimum Gasteiger partial charge on any atom is -0.444 e. The molecule has 2 N–H and O–H groups in total. The second-order valence-corrected chi connectivity index (χ2v) is 7.01. The number of amides is 2. The first-order valence-corrected chi connectivity index (χ1v) is 8.24. The van der Waals surface area contributed by atoms with E-state index in [2.05, 4.69) is 10.0 Å². The summed E-state index contributed by atoms with van der Waals surface area (Å²) in [6, 6.07) is 4.20. The Hall–Kier alpha value is -1.96. The fraction of sp³-hybridized carbons (Fsp3) is 0.467. The van der Waals surface area contributed by atoms with Crippen LogP contribution in [-0.4, -0.2) is 27.9 Å². The van der Waals surface area contributed by atoms with Crippen molar-refractivity contribution in [2.45, 2.75) is 50.7 Å². The smallest absolute Gasteiger partial charge is 0.408 e. The lowest BCUT2D eigenvalue weighted by molar-refractivity contribution is -0.121. The Balaban J connectivity index is 2.66. The van der Waals surface area contributed by atoms with E-state index in [1.54, 1.807) is 27.7 Å². The fourth-order valence-electron chi connectivity index (χ4n) is 1.61. The number of nitrogens with one attached hydrogen (secondary N) is 2. The lowest BCUT2D eigenvalue weighted by Gasteiger charge is -2.22. The molecule has 2 atom stereocenters. The molecule has 1 rings (SSSR count). The van der Waals surface area contributed by atoms with Crippen molar-refractivity contribution < 1.29 is 22.9 Å². The molecule has 2 unspecified atom stereocenters. The van der Waals surface area contributed by atoms with E-state index in [4.69, 9.17) is 4.74 Å². The zero-order chi connectivity index (χ0) is 17.6. The van der Waals surface area contributed by atoms with Crippen molar-refractivity contribution in [1.82, 2.24) is 10.0 Å². The summed E-state index contributed by atoms with van der Waals surface area (Å²) >= 11 is 0. The van der Waals surface area contributed by atoms with Gasteiger partial charge in [0.2, 0.25) is 0 Å². The second-order valence-electron chi connectivity index (χ2n) is 5.80. The van der Waals surface area contributed by atoms with Gasteiger partial charge in [-0.3, -0.25) is 9.52 Å². The molecule has 23 heavy (non-hydrogen) atoms. The maximum atomic E-state index is 13.1. The minimum atomic E-state index is -1.91. The van der Waals surface area contributed by atoms with E-state index in [-0.39, 0.29) is 11.3 Å². The summed E-state index contributed by atoms with van der Waals surface area (Å²) in [5.74, 6) is -1.19. The summed E-state index contributed by atoms with van der Waals surface area (Å²) in [4.78, 5) is 23.9. The van der Waals surface area contributed by atoms with Crippen LogP contribution in [0, 0.1) is 5.82 Å². The predicted octanol–water partition coefficient (Wildman–Crippen LogP) is 2.27. The average Bonchev–Trinajstić information content (AvgIpc) is 2.42. The van der Waals surface area contributed by atoms with Gasteiger partial charge in [0, 0.05) is 0 Å². The summed E-state index contributed by atoms with van der Waals surface area (Å²) in [7, 11) is -1.91. The largest absolute Gasteiger partial charge is 0.444 e. The molecule has 0 saturated carbocycles. The normalized spacial score (nSPS) is 13.8. The van der Waals surface area contributed by atoms with Crippen molar-refractivity contribution in [3.05, 3.63) is 30.1 Å². The molecule has 0 spiro atoms. The Bertz CT molecular complexity index is 601. The van der Waals surface area contributed by atoms with Crippen LogP contribution in [0.5, 0.6) is 0 Å². The molecule has 0 aliphatic rings.